The molecule has 0 aliphatic rings. The summed E-state index contributed by atoms with van der Waals surface area (Å²) in [6.07, 6.45) is 0.410. The highest BCUT2D eigenvalue weighted by molar-refractivity contribution is 5.98. The Morgan fingerprint density at radius 1 is 0.840 bits per heavy atom. The standard InChI is InChI=1S/C23H23NO/c1-17-10-9-13-20(18(17)2)16-23(25)24(3)22-15-8-7-14-21(22)19-11-5-4-6-12-19/h4-15H,16H2,1-3H3. The van der Waals surface area contributed by atoms with E-state index >= 15 is 0 Å². The summed E-state index contributed by atoms with van der Waals surface area (Å²) in [7, 11) is 1.86. The van der Waals surface area contributed by atoms with E-state index in [9.17, 15) is 4.79 Å². The Bertz CT molecular complexity index is 884. The van der Waals surface area contributed by atoms with E-state index in [2.05, 4.69) is 38.1 Å². The number of amides is 1. The number of carbonyl (C=O) groups excluding carboxylic acids is 1. The Balaban J connectivity index is 1.90. The summed E-state index contributed by atoms with van der Waals surface area (Å²) in [5, 5.41) is 0. The minimum Gasteiger partial charge on any atom is -0.315 e. The smallest absolute Gasteiger partial charge is 0.231 e. The SMILES string of the molecule is Cc1cccc(CC(=O)N(C)c2ccccc2-c2ccccc2)c1C. The molecular formula is C23H23NO. The molecule has 0 heterocycles. The minimum atomic E-state index is 0.0945. The van der Waals surface area contributed by atoms with Gasteiger partial charge in [-0.05, 0) is 42.2 Å². The van der Waals surface area contributed by atoms with Crippen LogP contribution in [0.1, 0.15) is 16.7 Å². The number of aryl methyl sites for hydroxylation is 1. The van der Waals surface area contributed by atoms with Gasteiger partial charge in [0, 0.05) is 12.6 Å². The molecule has 2 nitrogen and oxygen atoms in total. The van der Waals surface area contributed by atoms with Crippen molar-refractivity contribution in [2.45, 2.75) is 20.3 Å². The Hall–Kier alpha value is -2.87. The van der Waals surface area contributed by atoms with E-state index < -0.39 is 0 Å². The number of para-hydroxylation sites is 1. The van der Waals surface area contributed by atoms with Gasteiger partial charge in [0.25, 0.3) is 0 Å². The quantitative estimate of drug-likeness (QED) is 0.646. The average molecular weight is 329 g/mol. The molecule has 0 radical (unpaired) electrons. The number of benzene rings is 3. The van der Waals surface area contributed by atoms with Gasteiger partial charge in [-0.3, -0.25) is 4.79 Å². The number of carbonyl (C=O) groups is 1. The molecule has 0 aromatic heterocycles. The number of nitrogens with zero attached hydrogens (tertiary/aromatic N) is 1. The van der Waals surface area contributed by atoms with Gasteiger partial charge < -0.3 is 4.90 Å². The van der Waals surface area contributed by atoms with Crippen molar-refractivity contribution in [3.63, 3.8) is 0 Å². The first-order chi connectivity index (χ1) is 12.1. The van der Waals surface area contributed by atoms with Crippen molar-refractivity contribution >= 4 is 11.6 Å². The highest BCUT2D eigenvalue weighted by Crippen LogP contribution is 2.30. The summed E-state index contributed by atoms with van der Waals surface area (Å²) in [6.45, 7) is 4.16. The van der Waals surface area contributed by atoms with Gasteiger partial charge in [-0.2, -0.15) is 0 Å². The molecular weight excluding hydrogens is 306 g/mol. The summed E-state index contributed by atoms with van der Waals surface area (Å²) >= 11 is 0. The summed E-state index contributed by atoms with van der Waals surface area (Å²) < 4.78 is 0. The Kier molecular flexibility index (Phi) is 4.99. The van der Waals surface area contributed by atoms with Crippen LogP contribution in [-0.4, -0.2) is 13.0 Å². The molecule has 0 atom stereocenters. The van der Waals surface area contributed by atoms with Crippen LogP contribution in [0.15, 0.2) is 72.8 Å². The van der Waals surface area contributed by atoms with Gasteiger partial charge in [0.15, 0.2) is 0 Å². The van der Waals surface area contributed by atoms with Crippen LogP contribution in [0.2, 0.25) is 0 Å². The van der Waals surface area contributed by atoms with Crippen molar-refractivity contribution in [1.29, 1.82) is 0 Å². The molecule has 0 fully saturated rings. The predicted octanol–water partition coefficient (Wildman–Crippen LogP) is 5.18. The number of hydrogen-bond donors (Lipinski definition) is 0. The zero-order chi connectivity index (χ0) is 17.8. The van der Waals surface area contributed by atoms with Crippen LogP contribution < -0.4 is 4.90 Å². The van der Waals surface area contributed by atoms with E-state index in [1.807, 2.05) is 55.6 Å². The van der Waals surface area contributed by atoms with E-state index in [-0.39, 0.29) is 5.91 Å². The zero-order valence-corrected chi connectivity index (χ0v) is 15.0. The van der Waals surface area contributed by atoms with Crippen molar-refractivity contribution in [2.24, 2.45) is 0 Å². The first-order valence-electron chi connectivity index (χ1n) is 8.54. The molecule has 3 aromatic rings. The van der Waals surface area contributed by atoms with Crippen LogP contribution in [0.5, 0.6) is 0 Å². The molecule has 0 unspecified atom stereocenters. The van der Waals surface area contributed by atoms with Gasteiger partial charge in [-0.1, -0.05) is 66.7 Å². The van der Waals surface area contributed by atoms with E-state index in [4.69, 9.17) is 0 Å². The zero-order valence-electron chi connectivity index (χ0n) is 15.0. The summed E-state index contributed by atoms with van der Waals surface area (Å²) in [5.41, 5.74) is 6.63. The predicted molar refractivity (Wildman–Crippen MR) is 105 cm³/mol. The molecule has 0 saturated carbocycles. The van der Waals surface area contributed by atoms with Gasteiger partial charge in [-0.25, -0.2) is 0 Å². The van der Waals surface area contributed by atoms with Crippen LogP contribution in [0, 0.1) is 13.8 Å². The maximum atomic E-state index is 12.9. The van der Waals surface area contributed by atoms with E-state index in [0.717, 1.165) is 22.4 Å². The lowest BCUT2D eigenvalue weighted by molar-refractivity contribution is -0.117. The van der Waals surface area contributed by atoms with Crippen LogP contribution in [-0.2, 0) is 11.2 Å². The van der Waals surface area contributed by atoms with E-state index in [1.54, 1.807) is 4.90 Å². The molecule has 0 aliphatic heterocycles. The van der Waals surface area contributed by atoms with Crippen molar-refractivity contribution < 1.29 is 4.79 Å². The fourth-order valence-electron chi connectivity index (χ4n) is 3.05. The summed E-state index contributed by atoms with van der Waals surface area (Å²) in [5.74, 6) is 0.0945. The second-order valence-electron chi connectivity index (χ2n) is 6.37. The molecule has 0 aliphatic carbocycles. The number of rotatable bonds is 4. The monoisotopic (exact) mass is 329 g/mol. The van der Waals surface area contributed by atoms with Gasteiger partial charge in [-0.15, -0.1) is 0 Å². The fourth-order valence-corrected chi connectivity index (χ4v) is 3.05. The second kappa shape index (κ2) is 7.35. The molecule has 25 heavy (non-hydrogen) atoms. The van der Waals surface area contributed by atoms with Gasteiger partial charge in [0.05, 0.1) is 12.1 Å². The van der Waals surface area contributed by atoms with E-state index in [0.29, 0.717) is 6.42 Å². The van der Waals surface area contributed by atoms with Crippen molar-refractivity contribution in [2.75, 3.05) is 11.9 Å². The minimum absolute atomic E-state index is 0.0945. The van der Waals surface area contributed by atoms with Crippen LogP contribution in [0.4, 0.5) is 5.69 Å². The summed E-state index contributed by atoms with van der Waals surface area (Å²) in [4.78, 5) is 14.7. The molecule has 126 valence electrons. The average Bonchev–Trinajstić information content (AvgIpc) is 2.65. The van der Waals surface area contributed by atoms with Gasteiger partial charge in [0.2, 0.25) is 5.91 Å². The first kappa shape index (κ1) is 17.0. The highest BCUT2D eigenvalue weighted by atomic mass is 16.2. The molecule has 0 N–H and O–H groups in total. The van der Waals surface area contributed by atoms with E-state index in [1.165, 1.54) is 11.1 Å². The van der Waals surface area contributed by atoms with Crippen LogP contribution >= 0.6 is 0 Å². The fraction of sp³-hybridized carbons (Fsp3) is 0.174. The van der Waals surface area contributed by atoms with Crippen molar-refractivity contribution in [1.82, 2.24) is 0 Å². The van der Waals surface area contributed by atoms with Crippen LogP contribution in [0.3, 0.4) is 0 Å². The van der Waals surface area contributed by atoms with Gasteiger partial charge in [0.1, 0.15) is 0 Å². The molecule has 0 bridgehead atoms. The largest absolute Gasteiger partial charge is 0.315 e. The van der Waals surface area contributed by atoms with Gasteiger partial charge >= 0.3 is 0 Å². The lowest BCUT2D eigenvalue weighted by Crippen LogP contribution is -2.28. The summed E-state index contributed by atoms with van der Waals surface area (Å²) in [6, 6.07) is 24.4. The Labute approximate surface area is 149 Å². The number of hydrogen-bond acceptors (Lipinski definition) is 1. The Morgan fingerprint density at radius 3 is 2.28 bits per heavy atom. The maximum absolute atomic E-state index is 12.9. The maximum Gasteiger partial charge on any atom is 0.231 e. The van der Waals surface area contributed by atoms with Crippen molar-refractivity contribution in [3.05, 3.63) is 89.5 Å². The third-order valence-electron chi connectivity index (χ3n) is 4.78. The topological polar surface area (TPSA) is 20.3 Å². The third kappa shape index (κ3) is 3.63. The molecule has 0 saturated heterocycles. The van der Waals surface area contributed by atoms with Crippen LogP contribution in [0.25, 0.3) is 11.1 Å². The second-order valence-corrected chi connectivity index (χ2v) is 6.37. The molecule has 1 amide bonds. The Morgan fingerprint density at radius 2 is 1.52 bits per heavy atom. The normalized spacial score (nSPS) is 10.5. The first-order valence-corrected chi connectivity index (χ1v) is 8.54. The highest BCUT2D eigenvalue weighted by Gasteiger charge is 2.16. The lowest BCUT2D eigenvalue weighted by atomic mass is 9.99. The molecule has 3 aromatic carbocycles. The number of likely N-dealkylation sites (N-methyl/N-ethyl adjacent to an activating group) is 1. The lowest BCUT2D eigenvalue weighted by Gasteiger charge is -2.21. The number of anilines is 1. The molecule has 0 spiro atoms. The van der Waals surface area contributed by atoms with Crippen molar-refractivity contribution in [3.8, 4) is 11.1 Å². The third-order valence-corrected chi connectivity index (χ3v) is 4.78. The molecule has 2 heteroatoms. The molecule has 3 rings (SSSR count).